The molecule has 0 radical (unpaired) electrons. The van der Waals surface area contributed by atoms with Crippen LogP contribution in [-0.2, 0) is 9.59 Å². The molecule has 2 aliphatic heterocycles. The van der Waals surface area contributed by atoms with Crippen LogP contribution in [0.5, 0.6) is 0 Å². The molecule has 0 saturated carbocycles. The molecule has 4 heterocycles. The molecular weight excluding hydrogens is 388 g/mol. The van der Waals surface area contributed by atoms with Gasteiger partial charge in [0.05, 0.1) is 28.1 Å². The van der Waals surface area contributed by atoms with E-state index in [-0.39, 0.29) is 23.8 Å². The number of amides is 2. The van der Waals surface area contributed by atoms with E-state index in [1.54, 1.807) is 22.7 Å². The van der Waals surface area contributed by atoms with Gasteiger partial charge in [-0.25, -0.2) is 0 Å². The Labute approximate surface area is 174 Å². The van der Waals surface area contributed by atoms with Crippen LogP contribution in [0.4, 0.5) is 0 Å². The monoisotopic (exact) mass is 414 g/mol. The summed E-state index contributed by atoms with van der Waals surface area (Å²) in [6, 6.07) is 7.94. The SMILES string of the molecule is CCCCN1C(=O)C2C(=C1c1cccs1)C(=O)N(CCCC)C2c1cccs1. The highest BCUT2D eigenvalue weighted by molar-refractivity contribution is 7.11. The fraction of sp³-hybridized carbons (Fsp3) is 0.455. The summed E-state index contributed by atoms with van der Waals surface area (Å²) < 4.78 is 0. The van der Waals surface area contributed by atoms with Crippen LogP contribution in [0.25, 0.3) is 5.70 Å². The van der Waals surface area contributed by atoms with Gasteiger partial charge in [0.2, 0.25) is 5.91 Å². The molecule has 4 rings (SSSR count). The smallest absolute Gasteiger partial charge is 0.253 e. The van der Waals surface area contributed by atoms with Gasteiger partial charge in [-0.3, -0.25) is 9.59 Å². The van der Waals surface area contributed by atoms with Crippen molar-refractivity contribution in [3.63, 3.8) is 0 Å². The third-order valence-electron chi connectivity index (χ3n) is 5.59. The van der Waals surface area contributed by atoms with Gasteiger partial charge in [0, 0.05) is 18.0 Å². The van der Waals surface area contributed by atoms with E-state index >= 15 is 0 Å². The minimum absolute atomic E-state index is 0.0487. The molecule has 2 aromatic rings. The fourth-order valence-electron chi connectivity index (χ4n) is 4.25. The van der Waals surface area contributed by atoms with Crippen LogP contribution < -0.4 is 0 Å². The van der Waals surface area contributed by atoms with E-state index in [4.69, 9.17) is 0 Å². The van der Waals surface area contributed by atoms with Crippen molar-refractivity contribution in [2.24, 2.45) is 5.92 Å². The number of likely N-dealkylation sites (tertiary alicyclic amines) is 1. The van der Waals surface area contributed by atoms with Crippen LogP contribution in [0.3, 0.4) is 0 Å². The van der Waals surface area contributed by atoms with Crippen molar-refractivity contribution in [3.8, 4) is 0 Å². The topological polar surface area (TPSA) is 40.6 Å². The zero-order valence-electron chi connectivity index (χ0n) is 16.4. The van der Waals surface area contributed by atoms with E-state index in [2.05, 4.69) is 19.9 Å². The lowest BCUT2D eigenvalue weighted by Gasteiger charge is -2.29. The highest BCUT2D eigenvalue weighted by atomic mass is 32.1. The molecule has 2 unspecified atom stereocenters. The third-order valence-corrected chi connectivity index (χ3v) is 7.41. The minimum Gasteiger partial charge on any atom is -0.330 e. The third kappa shape index (κ3) is 3.12. The number of thiophene rings is 2. The second-order valence-electron chi connectivity index (χ2n) is 7.37. The molecule has 0 bridgehead atoms. The average Bonchev–Trinajstić information content (AvgIpc) is 3.46. The fourth-order valence-corrected chi connectivity index (χ4v) is 5.91. The van der Waals surface area contributed by atoms with E-state index in [0.717, 1.165) is 46.7 Å². The van der Waals surface area contributed by atoms with Gasteiger partial charge in [-0.05, 0) is 35.7 Å². The van der Waals surface area contributed by atoms with E-state index in [1.807, 2.05) is 38.8 Å². The average molecular weight is 415 g/mol. The maximum absolute atomic E-state index is 13.6. The summed E-state index contributed by atoms with van der Waals surface area (Å²) in [7, 11) is 0. The molecule has 0 aliphatic carbocycles. The van der Waals surface area contributed by atoms with Crippen LogP contribution >= 0.6 is 22.7 Å². The first kappa shape index (κ1) is 19.4. The molecule has 2 atom stereocenters. The van der Waals surface area contributed by atoms with Crippen LogP contribution in [0.15, 0.2) is 40.6 Å². The van der Waals surface area contributed by atoms with E-state index in [9.17, 15) is 9.59 Å². The molecule has 1 fully saturated rings. The number of hydrogen-bond acceptors (Lipinski definition) is 4. The minimum atomic E-state index is -0.378. The number of fused-ring (bicyclic) bond motifs is 1. The van der Waals surface area contributed by atoms with Crippen LogP contribution in [-0.4, -0.2) is 34.7 Å². The van der Waals surface area contributed by atoms with Gasteiger partial charge in [0.1, 0.15) is 0 Å². The van der Waals surface area contributed by atoms with E-state index in [1.165, 1.54) is 0 Å². The molecule has 4 nitrogen and oxygen atoms in total. The number of carbonyl (C=O) groups excluding carboxylic acids is 2. The summed E-state index contributed by atoms with van der Waals surface area (Å²) >= 11 is 3.25. The van der Waals surface area contributed by atoms with E-state index < -0.39 is 0 Å². The van der Waals surface area contributed by atoms with Crippen molar-refractivity contribution in [1.29, 1.82) is 0 Å². The van der Waals surface area contributed by atoms with Gasteiger partial charge in [0.25, 0.3) is 5.91 Å². The Kier molecular flexibility index (Phi) is 5.69. The van der Waals surface area contributed by atoms with Gasteiger partial charge < -0.3 is 9.80 Å². The quantitative estimate of drug-likeness (QED) is 0.598. The van der Waals surface area contributed by atoms with Gasteiger partial charge in [-0.1, -0.05) is 38.8 Å². The van der Waals surface area contributed by atoms with Gasteiger partial charge in [-0.2, -0.15) is 0 Å². The first-order valence-corrected chi connectivity index (χ1v) is 11.9. The summed E-state index contributed by atoms with van der Waals surface area (Å²) in [4.78, 5) is 33.1. The number of nitrogens with zero attached hydrogens (tertiary/aromatic N) is 2. The molecule has 1 saturated heterocycles. The normalized spacial score (nSPS) is 21.9. The van der Waals surface area contributed by atoms with Crippen molar-refractivity contribution in [3.05, 3.63) is 50.4 Å². The largest absolute Gasteiger partial charge is 0.330 e. The molecule has 6 heteroatoms. The molecule has 0 N–H and O–H groups in total. The molecule has 148 valence electrons. The van der Waals surface area contributed by atoms with Gasteiger partial charge in [-0.15, -0.1) is 22.7 Å². The zero-order valence-corrected chi connectivity index (χ0v) is 18.0. The van der Waals surface area contributed by atoms with Crippen LogP contribution in [0.1, 0.15) is 55.3 Å². The van der Waals surface area contributed by atoms with E-state index in [0.29, 0.717) is 13.1 Å². The lowest BCUT2D eigenvalue weighted by atomic mass is 9.95. The molecule has 2 amide bonds. The molecular formula is C22H26N2O2S2. The van der Waals surface area contributed by atoms with Crippen molar-refractivity contribution in [2.75, 3.05) is 13.1 Å². The Hall–Kier alpha value is -1.92. The van der Waals surface area contributed by atoms with Gasteiger partial charge >= 0.3 is 0 Å². The molecule has 28 heavy (non-hydrogen) atoms. The first-order chi connectivity index (χ1) is 13.7. The summed E-state index contributed by atoms with van der Waals surface area (Å²) in [6.07, 6.45) is 3.94. The Bertz CT molecular complexity index is 871. The Morgan fingerprint density at radius 3 is 2.32 bits per heavy atom. The van der Waals surface area contributed by atoms with Crippen molar-refractivity contribution in [2.45, 2.75) is 45.6 Å². The predicted molar refractivity (Wildman–Crippen MR) is 115 cm³/mol. The van der Waals surface area contributed by atoms with Crippen LogP contribution in [0.2, 0.25) is 0 Å². The number of rotatable bonds is 8. The molecule has 0 aromatic carbocycles. The highest BCUT2D eigenvalue weighted by Crippen LogP contribution is 2.51. The standard InChI is InChI=1S/C22H26N2O2S2/c1-3-5-11-23-19(15-9-7-13-27-15)17-18(21(23)25)20(16-10-8-14-28-16)24(22(17)26)12-6-4-2/h7-10,13-14,17,19H,3-6,11-12H2,1-2H3. The lowest BCUT2D eigenvalue weighted by Crippen LogP contribution is -2.36. The molecule has 0 spiro atoms. The first-order valence-electron chi connectivity index (χ1n) is 10.1. The number of hydrogen-bond donors (Lipinski definition) is 0. The summed E-state index contributed by atoms with van der Waals surface area (Å²) in [5.74, 6) is -0.234. The Morgan fingerprint density at radius 1 is 0.964 bits per heavy atom. The lowest BCUT2D eigenvalue weighted by molar-refractivity contribution is -0.131. The van der Waals surface area contributed by atoms with Crippen molar-refractivity contribution in [1.82, 2.24) is 9.80 Å². The van der Waals surface area contributed by atoms with Crippen molar-refractivity contribution >= 4 is 40.2 Å². The predicted octanol–water partition coefficient (Wildman–Crippen LogP) is 5.16. The maximum atomic E-state index is 13.6. The Morgan fingerprint density at radius 2 is 1.68 bits per heavy atom. The van der Waals surface area contributed by atoms with Crippen LogP contribution in [0, 0.1) is 5.92 Å². The molecule has 2 aromatic heterocycles. The number of carbonyl (C=O) groups is 2. The highest BCUT2D eigenvalue weighted by Gasteiger charge is 2.56. The summed E-state index contributed by atoms with van der Waals surface area (Å²) in [5.41, 5.74) is 1.59. The zero-order chi connectivity index (χ0) is 19.7. The second kappa shape index (κ2) is 8.21. The second-order valence-corrected chi connectivity index (χ2v) is 9.30. The van der Waals surface area contributed by atoms with Gasteiger partial charge in [0.15, 0.2) is 0 Å². The molecule has 2 aliphatic rings. The summed E-state index contributed by atoms with van der Waals surface area (Å²) in [5, 5.41) is 4.05. The number of unbranched alkanes of at least 4 members (excludes halogenated alkanes) is 2. The summed E-state index contributed by atoms with van der Waals surface area (Å²) in [6.45, 7) is 5.65. The van der Waals surface area contributed by atoms with Crippen molar-refractivity contribution < 1.29 is 9.59 Å². The maximum Gasteiger partial charge on any atom is 0.253 e. The Balaban J connectivity index is 1.84.